The van der Waals surface area contributed by atoms with Crippen LogP contribution in [0.4, 0.5) is 0 Å². The first-order valence-corrected chi connectivity index (χ1v) is 8.18. The van der Waals surface area contributed by atoms with Crippen LogP contribution in [0, 0.1) is 5.92 Å². The van der Waals surface area contributed by atoms with E-state index in [1.54, 1.807) is 11.3 Å². The minimum absolute atomic E-state index is 0.436. The Morgan fingerprint density at radius 2 is 2.19 bits per heavy atom. The average Bonchev–Trinajstić information content (AvgIpc) is 3.01. The van der Waals surface area contributed by atoms with Crippen molar-refractivity contribution in [3.05, 3.63) is 57.8 Å². The van der Waals surface area contributed by atoms with Crippen LogP contribution in [0.1, 0.15) is 11.3 Å². The molecule has 21 heavy (non-hydrogen) atoms. The van der Waals surface area contributed by atoms with Crippen molar-refractivity contribution in [3.8, 4) is 0 Å². The first-order chi connectivity index (χ1) is 10.1. The highest BCUT2D eigenvalue weighted by atomic mass is 79.9. The first-order valence-electron chi connectivity index (χ1n) is 6.51. The molecule has 1 N–H and O–H groups in total. The molecule has 0 aliphatic carbocycles. The SMILES string of the molecule is O=C(O)C(Cc1cn2ccsc2n1)Cc1ccccc1Br. The molecule has 2 aromatic heterocycles. The number of nitrogens with zero attached hydrogens (tertiary/aromatic N) is 2. The number of thiazole rings is 1. The van der Waals surface area contributed by atoms with Crippen LogP contribution in [-0.4, -0.2) is 20.5 Å². The number of carboxylic acids is 1. The Bertz CT molecular complexity index is 752. The van der Waals surface area contributed by atoms with E-state index >= 15 is 0 Å². The van der Waals surface area contributed by atoms with Crippen molar-refractivity contribution < 1.29 is 9.90 Å². The highest BCUT2D eigenvalue weighted by molar-refractivity contribution is 9.10. The van der Waals surface area contributed by atoms with Crippen molar-refractivity contribution in [1.29, 1.82) is 0 Å². The molecule has 6 heteroatoms. The van der Waals surface area contributed by atoms with Gasteiger partial charge in [-0.2, -0.15) is 0 Å². The van der Waals surface area contributed by atoms with Crippen LogP contribution in [0.25, 0.3) is 4.96 Å². The number of rotatable bonds is 5. The van der Waals surface area contributed by atoms with Gasteiger partial charge in [-0.3, -0.25) is 9.20 Å². The molecule has 0 radical (unpaired) electrons. The van der Waals surface area contributed by atoms with Gasteiger partial charge in [0.2, 0.25) is 0 Å². The summed E-state index contributed by atoms with van der Waals surface area (Å²) in [7, 11) is 0. The van der Waals surface area contributed by atoms with E-state index in [1.807, 2.05) is 46.4 Å². The Labute approximate surface area is 134 Å². The molecule has 0 saturated carbocycles. The van der Waals surface area contributed by atoms with Crippen LogP contribution in [0.2, 0.25) is 0 Å². The maximum Gasteiger partial charge on any atom is 0.307 e. The van der Waals surface area contributed by atoms with Crippen molar-refractivity contribution >= 4 is 38.2 Å². The van der Waals surface area contributed by atoms with E-state index < -0.39 is 11.9 Å². The number of aliphatic carboxylic acids is 1. The third-order valence-electron chi connectivity index (χ3n) is 3.37. The largest absolute Gasteiger partial charge is 0.481 e. The normalized spacial score (nSPS) is 12.6. The zero-order chi connectivity index (χ0) is 14.8. The molecular formula is C15H13BrN2O2S. The molecule has 0 fully saturated rings. The number of benzene rings is 1. The summed E-state index contributed by atoms with van der Waals surface area (Å²) in [5.41, 5.74) is 1.83. The zero-order valence-corrected chi connectivity index (χ0v) is 13.5. The second kappa shape index (κ2) is 5.99. The summed E-state index contributed by atoms with van der Waals surface area (Å²) < 4.78 is 2.87. The molecule has 108 valence electrons. The van der Waals surface area contributed by atoms with Gasteiger partial charge >= 0.3 is 5.97 Å². The molecule has 0 aliphatic rings. The lowest BCUT2D eigenvalue weighted by molar-refractivity contribution is -0.141. The minimum atomic E-state index is -0.790. The second-order valence-electron chi connectivity index (χ2n) is 4.86. The van der Waals surface area contributed by atoms with Crippen molar-refractivity contribution in [1.82, 2.24) is 9.38 Å². The molecule has 3 aromatic rings. The van der Waals surface area contributed by atoms with Crippen LogP contribution in [-0.2, 0) is 17.6 Å². The monoisotopic (exact) mass is 364 g/mol. The first kappa shape index (κ1) is 14.3. The lowest BCUT2D eigenvalue weighted by Crippen LogP contribution is -2.19. The van der Waals surface area contributed by atoms with E-state index in [0.717, 1.165) is 20.7 Å². The van der Waals surface area contributed by atoms with E-state index in [-0.39, 0.29) is 0 Å². The van der Waals surface area contributed by atoms with E-state index in [0.29, 0.717) is 12.8 Å². The number of carbonyl (C=O) groups is 1. The zero-order valence-electron chi connectivity index (χ0n) is 11.1. The molecule has 1 unspecified atom stereocenters. The number of halogens is 1. The lowest BCUT2D eigenvalue weighted by atomic mass is 9.95. The van der Waals surface area contributed by atoms with Crippen LogP contribution in [0.5, 0.6) is 0 Å². The Morgan fingerprint density at radius 1 is 1.38 bits per heavy atom. The number of hydrogen-bond acceptors (Lipinski definition) is 3. The molecular weight excluding hydrogens is 352 g/mol. The van der Waals surface area contributed by atoms with E-state index in [2.05, 4.69) is 20.9 Å². The van der Waals surface area contributed by atoms with Gasteiger partial charge in [-0.1, -0.05) is 34.1 Å². The van der Waals surface area contributed by atoms with Crippen molar-refractivity contribution in [2.75, 3.05) is 0 Å². The van der Waals surface area contributed by atoms with Gasteiger partial charge in [0.05, 0.1) is 11.6 Å². The predicted octanol–water partition coefficient (Wildman–Crippen LogP) is 3.64. The predicted molar refractivity (Wildman–Crippen MR) is 85.7 cm³/mol. The molecule has 0 aliphatic heterocycles. The van der Waals surface area contributed by atoms with Crippen molar-refractivity contribution in [2.45, 2.75) is 12.8 Å². The Balaban J connectivity index is 1.80. The smallest absolute Gasteiger partial charge is 0.307 e. The Hall–Kier alpha value is -1.66. The average molecular weight is 365 g/mol. The fourth-order valence-electron chi connectivity index (χ4n) is 2.30. The molecule has 1 aromatic carbocycles. The third kappa shape index (κ3) is 3.16. The maximum absolute atomic E-state index is 11.5. The summed E-state index contributed by atoms with van der Waals surface area (Å²) in [4.78, 5) is 16.9. The van der Waals surface area contributed by atoms with Gasteiger partial charge in [0, 0.05) is 28.7 Å². The Kier molecular flexibility index (Phi) is 4.07. The number of imidazole rings is 1. The molecule has 2 heterocycles. The molecule has 3 rings (SSSR count). The highest BCUT2D eigenvalue weighted by Crippen LogP contribution is 2.22. The summed E-state index contributed by atoms with van der Waals surface area (Å²) in [6, 6.07) is 7.73. The van der Waals surface area contributed by atoms with Gasteiger partial charge in [0.1, 0.15) is 0 Å². The number of hydrogen-bond donors (Lipinski definition) is 1. The van der Waals surface area contributed by atoms with Gasteiger partial charge in [-0.05, 0) is 18.1 Å². The van der Waals surface area contributed by atoms with Crippen LogP contribution in [0.15, 0.2) is 46.5 Å². The van der Waals surface area contributed by atoms with E-state index in [1.165, 1.54) is 0 Å². The summed E-state index contributed by atoms with van der Waals surface area (Å²) in [5.74, 6) is -1.27. The molecule has 0 spiro atoms. The molecule has 0 saturated heterocycles. The number of aromatic nitrogens is 2. The fourth-order valence-corrected chi connectivity index (χ4v) is 3.47. The quantitative estimate of drug-likeness (QED) is 0.751. The second-order valence-corrected chi connectivity index (χ2v) is 6.59. The number of fused-ring (bicyclic) bond motifs is 1. The van der Waals surface area contributed by atoms with Gasteiger partial charge in [0.25, 0.3) is 0 Å². The third-order valence-corrected chi connectivity index (χ3v) is 4.92. The van der Waals surface area contributed by atoms with Gasteiger partial charge in [-0.15, -0.1) is 11.3 Å². The minimum Gasteiger partial charge on any atom is -0.481 e. The van der Waals surface area contributed by atoms with Crippen LogP contribution < -0.4 is 0 Å². The van der Waals surface area contributed by atoms with Crippen molar-refractivity contribution in [3.63, 3.8) is 0 Å². The van der Waals surface area contributed by atoms with Gasteiger partial charge < -0.3 is 5.11 Å². The van der Waals surface area contributed by atoms with Crippen molar-refractivity contribution in [2.24, 2.45) is 5.92 Å². The molecule has 0 bridgehead atoms. The Morgan fingerprint density at radius 3 is 2.90 bits per heavy atom. The van der Waals surface area contributed by atoms with Gasteiger partial charge in [0.15, 0.2) is 4.96 Å². The van der Waals surface area contributed by atoms with Crippen LogP contribution in [0.3, 0.4) is 0 Å². The summed E-state index contributed by atoms with van der Waals surface area (Å²) in [5, 5.41) is 11.4. The molecule has 0 amide bonds. The van der Waals surface area contributed by atoms with Crippen LogP contribution >= 0.6 is 27.3 Å². The highest BCUT2D eigenvalue weighted by Gasteiger charge is 2.21. The molecule has 4 nitrogen and oxygen atoms in total. The van der Waals surface area contributed by atoms with E-state index in [9.17, 15) is 9.90 Å². The fraction of sp³-hybridized carbons (Fsp3) is 0.200. The summed E-state index contributed by atoms with van der Waals surface area (Å²) in [6.07, 6.45) is 4.76. The van der Waals surface area contributed by atoms with Gasteiger partial charge in [-0.25, -0.2) is 4.98 Å². The topological polar surface area (TPSA) is 54.6 Å². The van der Waals surface area contributed by atoms with E-state index in [4.69, 9.17) is 0 Å². The lowest BCUT2D eigenvalue weighted by Gasteiger charge is -2.12. The summed E-state index contributed by atoms with van der Waals surface area (Å²) >= 11 is 5.02. The standard InChI is InChI=1S/C15H13BrN2O2S/c16-13-4-2-1-3-10(13)7-11(14(19)20)8-12-9-18-5-6-21-15(18)17-12/h1-6,9,11H,7-8H2,(H,19,20). The summed E-state index contributed by atoms with van der Waals surface area (Å²) in [6.45, 7) is 0. The molecule has 1 atom stereocenters. The number of carboxylic acid groups (broad SMARTS) is 1. The maximum atomic E-state index is 11.5.